The number of hydrogen-bond acceptors (Lipinski definition) is 6. The van der Waals surface area contributed by atoms with Gasteiger partial charge in [0.15, 0.2) is 17.3 Å². The molecule has 2 aromatic carbocycles. The monoisotopic (exact) mass is 477 g/mol. The largest absolute Gasteiger partial charge is 0.508 e. The summed E-state index contributed by atoms with van der Waals surface area (Å²) >= 11 is 0. The van der Waals surface area contributed by atoms with Crippen LogP contribution < -0.4 is 14.4 Å². The molecule has 4 rings (SSSR count). The van der Waals surface area contributed by atoms with Crippen molar-refractivity contribution in [1.82, 2.24) is 9.47 Å². The number of anilines is 1. The average Bonchev–Trinajstić information content (AvgIpc) is 3.16. The van der Waals surface area contributed by atoms with E-state index in [4.69, 9.17) is 9.47 Å². The third-order valence-electron chi connectivity index (χ3n) is 6.90. The van der Waals surface area contributed by atoms with Gasteiger partial charge in [-0.05, 0) is 68.3 Å². The molecule has 0 atom stereocenters. The quantitative estimate of drug-likeness (QED) is 0.469. The molecule has 186 valence electrons. The number of phenols is 1. The second-order valence-corrected chi connectivity index (χ2v) is 9.08. The van der Waals surface area contributed by atoms with Crippen molar-refractivity contribution in [2.75, 3.05) is 51.8 Å². The van der Waals surface area contributed by atoms with Gasteiger partial charge < -0.3 is 24.0 Å². The Kier molecular flexibility index (Phi) is 7.66. The van der Waals surface area contributed by atoms with Gasteiger partial charge >= 0.3 is 0 Å². The molecule has 7 nitrogen and oxygen atoms in total. The van der Waals surface area contributed by atoms with Crippen LogP contribution in [0.4, 0.5) is 5.69 Å². The van der Waals surface area contributed by atoms with Crippen LogP contribution in [0.15, 0.2) is 48.5 Å². The number of carbonyl (C=O) groups excluding carboxylic acids is 1. The zero-order valence-electron chi connectivity index (χ0n) is 21.1. The number of benzene rings is 2. The predicted molar refractivity (Wildman–Crippen MR) is 138 cm³/mol. The lowest BCUT2D eigenvalue weighted by molar-refractivity contribution is 0.0925. The Bertz CT molecular complexity index is 1160. The molecule has 1 fully saturated rings. The SMILES string of the molecule is COc1ccc(CCn2c(C)cc(C(=O)CN3CCN(c4ccc(O)cc4)CC3)c2C)cc1OC. The van der Waals surface area contributed by atoms with Gasteiger partial charge in [0.05, 0.1) is 20.8 Å². The Morgan fingerprint density at radius 2 is 1.60 bits per heavy atom. The van der Waals surface area contributed by atoms with E-state index < -0.39 is 0 Å². The molecule has 35 heavy (non-hydrogen) atoms. The summed E-state index contributed by atoms with van der Waals surface area (Å²) in [6.07, 6.45) is 0.837. The van der Waals surface area contributed by atoms with Crippen molar-refractivity contribution in [1.29, 1.82) is 0 Å². The molecule has 1 aromatic heterocycles. The summed E-state index contributed by atoms with van der Waals surface area (Å²) in [6, 6.07) is 15.3. The number of Topliss-reactive ketones (excluding diaryl/α,β-unsaturated/α-hetero) is 1. The van der Waals surface area contributed by atoms with E-state index in [1.165, 1.54) is 0 Å². The summed E-state index contributed by atoms with van der Waals surface area (Å²) in [5.41, 5.74) is 5.20. The number of aromatic nitrogens is 1. The van der Waals surface area contributed by atoms with Crippen molar-refractivity contribution in [3.05, 3.63) is 71.0 Å². The molecular formula is C28H35N3O4. The molecule has 2 heterocycles. The second kappa shape index (κ2) is 10.9. The third kappa shape index (κ3) is 5.62. The maximum absolute atomic E-state index is 13.2. The molecular weight excluding hydrogens is 442 g/mol. The van der Waals surface area contributed by atoms with Crippen LogP contribution >= 0.6 is 0 Å². The molecule has 1 N–H and O–H groups in total. The summed E-state index contributed by atoms with van der Waals surface area (Å²) in [4.78, 5) is 17.7. The van der Waals surface area contributed by atoms with Crippen molar-refractivity contribution in [2.45, 2.75) is 26.8 Å². The number of methoxy groups -OCH3 is 2. The van der Waals surface area contributed by atoms with Gasteiger partial charge in [0.2, 0.25) is 0 Å². The number of hydrogen-bond donors (Lipinski definition) is 1. The van der Waals surface area contributed by atoms with E-state index >= 15 is 0 Å². The van der Waals surface area contributed by atoms with Gasteiger partial charge in [-0.25, -0.2) is 0 Å². The molecule has 0 aliphatic carbocycles. The van der Waals surface area contributed by atoms with Gasteiger partial charge in [-0.15, -0.1) is 0 Å². The van der Waals surface area contributed by atoms with E-state index in [1.807, 2.05) is 37.3 Å². The van der Waals surface area contributed by atoms with Gasteiger partial charge in [-0.3, -0.25) is 9.69 Å². The smallest absolute Gasteiger partial charge is 0.178 e. The number of ketones is 1. The minimum Gasteiger partial charge on any atom is -0.508 e. The van der Waals surface area contributed by atoms with E-state index in [2.05, 4.69) is 27.4 Å². The molecule has 0 unspecified atom stereocenters. The topological polar surface area (TPSA) is 67.2 Å². The van der Waals surface area contributed by atoms with E-state index in [-0.39, 0.29) is 11.5 Å². The minimum absolute atomic E-state index is 0.175. The van der Waals surface area contributed by atoms with Crippen LogP contribution in [0.25, 0.3) is 0 Å². The summed E-state index contributed by atoms with van der Waals surface area (Å²) in [5.74, 6) is 1.90. The molecule has 0 radical (unpaired) electrons. The van der Waals surface area contributed by atoms with Crippen LogP contribution in [0.1, 0.15) is 27.3 Å². The fourth-order valence-electron chi connectivity index (χ4n) is 4.82. The molecule has 1 saturated heterocycles. The summed E-state index contributed by atoms with van der Waals surface area (Å²) < 4.78 is 13.0. The van der Waals surface area contributed by atoms with Crippen molar-refractivity contribution < 1.29 is 19.4 Å². The minimum atomic E-state index is 0.175. The number of nitrogens with zero attached hydrogens (tertiary/aromatic N) is 3. The molecule has 0 spiro atoms. The molecule has 1 aliphatic rings. The highest BCUT2D eigenvalue weighted by atomic mass is 16.5. The van der Waals surface area contributed by atoms with Gasteiger partial charge in [-0.2, -0.15) is 0 Å². The van der Waals surface area contributed by atoms with Crippen LogP contribution in [0.3, 0.4) is 0 Å². The highest BCUT2D eigenvalue weighted by molar-refractivity contribution is 5.99. The molecule has 7 heteroatoms. The number of ether oxygens (including phenoxy) is 2. The maximum Gasteiger partial charge on any atom is 0.178 e. The molecule has 3 aromatic rings. The van der Waals surface area contributed by atoms with Crippen LogP contribution in [0.2, 0.25) is 0 Å². The van der Waals surface area contributed by atoms with Gasteiger partial charge in [0, 0.05) is 55.4 Å². The van der Waals surface area contributed by atoms with Crippen LogP contribution in [-0.4, -0.2) is 67.3 Å². The Morgan fingerprint density at radius 3 is 2.26 bits per heavy atom. The Morgan fingerprint density at radius 1 is 0.914 bits per heavy atom. The number of piperazine rings is 1. The number of aromatic hydroxyl groups is 1. The zero-order chi connectivity index (χ0) is 24.9. The zero-order valence-corrected chi connectivity index (χ0v) is 21.1. The average molecular weight is 478 g/mol. The van der Waals surface area contributed by atoms with Gasteiger partial charge in [0.1, 0.15) is 5.75 Å². The first-order valence-electron chi connectivity index (χ1n) is 12.1. The number of carbonyl (C=O) groups is 1. The first-order chi connectivity index (χ1) is 16.9. The summed E-state index contributed by atoms with van der Waals surface area (Å²) in [6.45, 7) is 8.74. The second-order valence-electron chi connectivity index (χ2n) is 9.08. The molecule has 0 bridgehead atoms. The van der Waals surface area contributed by atoms with Crippen LogP contribution in [-0.2, 0) is 13.0 Å². The maximum atomic E-state index is 13.2. The van der Waals surface area contributed by atoms with Crippen molar-refractivity contribution in [3.63, 3.8) is 0 Å². The molecule has 1 aliphatic heterocycles. The number of aryl methyl sites for hydroxylation is 2. The fourth-order valence-corrected chi connectivity index (χ4v) is 4.82. The first-order valence-corrected chi connectivity index (χ1v) is 12.1. The third-order valence-corrected chi connectivity index (χ3v) is 6.90. The highest BCUT2D eigenvalue weighted by Gasteiger charge is 2.22. The van der Waals surface area contributed by atoms with Crippen LogP contribution in [0.5, 0.6) is 17.2 Å². The standard InChI is InChI=1S/C28H35N3O4/c1-20-17-25(21(2)31(20)12-11-22-5-10-27(34-3)28(18-22)35-4)26(33)19-29-13-15-30(16-14-29)23-6-8-24(32)9-7-23/h5-10,17-18,32H,11-16,19H2,1-4H3. The Labute approximate surface area is 207 Å². The lowest BCUT2D eigenvalue weighted by Gasteiger charge is -2.35. The van der Waals surface area contributed by atoms with Crippen LogP contribution in [0, 0.1) is 13.8 Å². The summed E-state index contributed by atoms with van der Waals surface area (Å²) in [5, 5.41) is 9.50. The van der Waals surface area contributed by atoms with E-state index in [0.29, 0.717) is 6.54 Å². The highest BCUT2D eigenvalue weighted by Crippen LogP contribution is 2.28. The van der Waals surface area contributed by atoms with Crippen molar-refractivity contribution >= 4 is 11.5 Å². The first kappa shape index (κ1) is 24.7. The number of phenolic OH excluding ortho intramolecular Hbond substituents is 1. The van der Waals surface area contributed by atoms with Gasteiger partial charge in [0.25, 0.3) is 0 Å². The summed E-state index contributed by atoms with van der Waals surface area (Å²) in [7, 11) is 3.28. The number of rotatable bonds is 9. The lowest BCUT2D eigenvalue weighted by atomic mass is 10.1. The predicted octanol–water partition coefficient (Wildman–Crippen LogP) is 4.08. The fraction of sp³-hybridized carbons (Fsp3) is 0.393. The van der Waals surface area contributed by atoms with E-state index in [0.717, 1.165) is 78.8 Å². The van der Waals surface area contributed by atoms with Gasteiger partial charge in [-0.1, -0.05) is 6.07 Å². The Balaban J connectivity index is 1.35. The molecule has 0 amide bonds. The van der Waals surface area contributed by atoms with E-state index in [9.17, 15) is 9.90 Å². The molecule has 0 saturated carbocycles. The lowest BCUT2D eigenvalue weighted by Crippen LogP contribution is -2.48. The van der Waals surface area contributed by atoms with Crippen molar-refractivity contribution in [3.8, 4) is 17.2 Å². The van der Waals surface area contributed by atoms with E-state index in [1.54, 1.807) is 26.4 Å². The Hall–Kier alpha value is -3.45. The van der Waals surface area contributed by atoms with Crippen molar-refractivity contribution in [2.24, 2.45) is 0 Å². The normalized spacial score (nSPS) is 14.2.